The number of rotatable bonds is 8. The third-order valence-corrected chi connectivity index (χ3v) is 6.69. The minimum absolute atomic E-state index is 0.0509. The Morgan fingerprint density at radius 2 is 1.37 bits per heavy atom. The van der Waals surface area contributed by atoms with Crippen LogP contribution < -0.4 is 5.32 Å². The predicted octanol–water partition coefficient (Wildman–Crippen LogP) is 4.31. The first-order valence-corrected chi connectivity index (χ1v) is 12.7. The van der Waals surface area contributed by atoms with Gasteiger partial charge in [0.2, 0.25) is 0 Å². The van der Waals surface area contributed by atoms with Crippen LogP contribution in [0.1, 0.15) is 22.4 Å². The molecule has 0 aliphatic carbocycles. The molecule has 0 saturated heterocycles. The van der Waals surface area contributed by atoms with Crippen molar-refractivity contribution < 1.29 is 22.6 Å². The molecule has 10 heteroatoms. The first-order chi connectivity index (χ1) is 16.9. The number of carbonyl (C=O) groups is 1. The summed E-state index contributed by atoms with van der Waals surface area (Å²) in [5.41, 5.74) is 1.27. The molecule has 0 radical (unpaired) electrons. The number of carbonyl (C=O) groups excluding carboxylic acids is 1. The fourth-order valence-corrected chi connectivity index (χ4v) is 4.92. The van der Waals surface area contributed by atoms with Crippen molar-refractivity contribution in [3.63, 3.8) is 0 Å². The molecule has 8 nitrogen and oxygen atoms in total. The van der Waals surface area contributed by atoms with Gasteiger partial charge in [-0.15, -0.1) is 11.3 Å². The monoisotopic (exact) mass is 507 g/mol. The molecule has 0 bridgehead atoms. The molecule has 0 saturated carbocycles. The molecule has 0 unspecified atom stereocenters. The van der Waals surface area contributed by atoms with Crippen LogP contribution in [-0.2, 0) is 25.3 Å². The Hall–Kier alpha value is -3.86. The van der Waals surface area contributed by atoms with E-state index in [1.165, 1.54) is 5.38 Å². The van der Waals surface area contributed by atoms with E-state index in [1.54, 1.807) is 0 Å². The molecule has 0 fully saturated rings. The maximum atomic E-state index is 12.2. The van der Waals surface area contributed by atoms with Crippen molar-refractivity contribution in [2.24, 2.45) is 5.16 Å². The number of nitrogens with one attached hydrogen (secondary N) is 1. The van der Waals surface area contributed by atoms with Crippen LogP contribution in [0, 0.1) is 0 Å². The summed E-state index contributed by atoms with van der Waals surface area (Å²) >= 11 is 1.16. The SMILES string of the molecule is CON=C(C(=O)S(=O)(=O)O)c1csc(NC(c2ccccc2)(c2ccccc2)c2ccccc2)n1. The fraction of sp³-hybridized carbons (Fsp3) is 0.0800. The van der Waals surface area contributed by atoms with Crippen LogP contribution in [0.15, 0.2) is 102 Å². The number of aromatic nitrogens is 1. The molecule has 0 atom stereocenters. The number of thiazole rings is 1. The summed E-state index contributed by atoms with van der Waals surface area (Å²) in [4.78, 5) is 21.3. The zero-order valence-electron chi connectivity index (χ0n) is 18.5. The van der Waals surface area contributed by atoms with Crippen LogP contribution >= 0.6 is 11.3 Å². The Kier molecular flexibility index (Phi) is 7.06. The van der Waals surface area contributed by atoms with Gasteiger partial charge in [0.1, 0.15) is 18.3 Å². The van der Waals surface area contributed by atoms with Crippen LogP contribution in [0.3, 0.4) is 0 Å². The van der Waals surface area contributed by atoms with Crippen molar-refractivity contribution in [1.29, 1.82) is 0 Å². The Bertz CT molecular complexity index is 1340. The number of oxime groups is 1. The van der Waals surface area contributed by atoms with Gasteiger partial charge in [0.15, 0.2) is 10.8 Å². The lowest BCUT2D eigenvalue weighted by Crippen LogP contribution is -2.38. The van der Waals surface area contributed by atoms with E-state index in [-0.39, 0.29) is 5.69 Å². The summed E-state index contributed by atoms with van der Waals surface area (Å²) in [5.74, 6) is 0. The standard InChI is InChI=1S/C25H21N3O5S2/c1-33-28-22(23(29)35(30,31)32)21-17-34-24(26-21)27-25(18-11-5-2-6-12-18,19-13-7-3-8-14-19)20-15-9-4-10-16-20/h2-17H,1H3,(H,26,27)(H,30,31,32). The highest BCUT2D eigenvalue weighted by atomic mass is 32.2. The number of nitrogens with zero attached hydrogens (tertiary/aromatic N) is 2. The molecule has 0 aliphatic heterocycles. The first kappa shape index (κ1) is 24.3. The van der Waals surface area contributed by atoms with E-state index in [9.17, 15) is 17.8 Å². The highest BCUT2D eigenvalue weighted by molar-refractivity contribution is 8.03. The number of hydrogen-bond acceptors (Lipinski definition) is 8. The minimum atomic E-state index is -5.03. The number of hydrogen-bond donors (Lipinski definition) is 2. The maximum Gasteiger partial charge on any atom is 0.335 e. The second-order valence-corrected chi connectivity index (χ2v) is 9.57. The van der Waals surface area contributed by atoms with Gasteiger partial charge in [-0.3, -0.25) is 9.35 Å². The molecule has 1 aromatic heterocycles. The van der Waals surface area contributed by atoms with Crippen molar-refractivity contribution in [2.45, 2.75) is 5.54 Å². The molecule has 4 aromatic rings. The average Bonchev–Trinajstić information content (AvgIpc) is 3.34. The smallest absolute Gasteiger partial charge is 0.335 e. The summed E-state index contributed by atoms with van der Waals surface area (Å²) in [6.45, 7) is 0. The van der Waals surface area contributed by atoms with Gasteiger partial charge in [-0.25, -0.2) is 4.98 Å². The quantitative estimate of drug-likeness (QED) is 0.158. The molecular formula is C25H21N3O5S2. The Labute approximate surface area is 206 Å². The van der Waals surface area contributed by atoms with Gasteiger partial charge >= 0.3 is 15.2 Å². The largest absolute Gasteiger partial charge is 0.398 e. The van der Waals surface area contributed by atoms with Crippen LogP contribution in [-0.4, -0.2) is 35.9 Å². The van der Waals surface area contributed by atoms with Crippen molar-refractivity contribution >= 4 is 37.4 Å². The maximum absolute atomic E-state index is 12.2. The normalized spacial score (nSPS) is 12.2. The van der Waals surface area contributed by atoms with E-state index < -0.39 is 26.5 Å². The third kappa shape index (κ3) is 4.99. The summed E-state index contributed by atoms with van der Waals surface area (Å²) in [6, 6.07) is 29.5. The van der Waals surface area contributed by atoms with Crippen LogP contribution in [0.4, 0.5) is 5.13 Å². The number of anilines is 1. The average molecular weight is 508 g/mol. The lowest BCUT2D eigenvalue weighted by atomic mass is 9.77. The van der Waals surface area contributed by atoms with E-state index >= 15 is 0 Å². The fourth-order valence-electron chi connectivity index (χ4n) is 3.78. The van der Waals surface area contributed by atoms with Crippen molar-refractivity contribution in [3.8, 4) is 0 Å². The van der Waals surface area contributed by atoms with Crippen LogP contribution in [0.5, 0.6) is 0 Å². The topological polar surface area (TPSA) is 118 Å². The van der Waals surface area contributed by atoms with Crippen molar-refractivity contribution in [3.05, 3.63) is 119 Å². The lowest BCUT2D eigenvalue weighted by Gasteiger charge is -2.36. The molecule has 2 N–H and O–H groups in total. The second-order valence-electron chi connectivity index (χ2n) is 7.40. The van der Waals surface area contributed by atoms with Gasteiger partial charge in [0.05, 0.1) is 0 Å². The molecule has 0 aliphatic rings. The lowest BCUT2D eigenvalue weighted by molar-refractivity contribution is -0.106. The zero-order valence-corrected chi connectivity index (χ0v) is 20.2. The minimum Gasteiger partial charge on any atom is -0.398 e. The summed E-state index contributed by atoms with van der Waals surface area (Å²) in [5, 5.41) is 7.27. The molecule has 3 aromatic carbocycles. The first-order valence-electron chi connectivity index (χ1n) is 10.4. The summed E-state index contributed by atoms with van der Waals surface area (Å²) < 4.78 is 32.1. The Morgan fingerprint density at radius 3 is 1.77 bits per heavy atom. The van der Waals surface area contributed by atoms with E-state index in [4.69, 9.17) is 0 Å². The predicted molar refractivity (Wildman–Crippen MR) is 135 cm³/mol. The highest BCUT2D eigenvalue weighted by Crippen LogP contribution is 2.40. The van der Waals surface area contributed by atoms with Crippen molar-refractivity contribution in [1.82, 2.24) is 4.98 Å². The highest BCUT2D eigenvalue weighted by Gasteiger charge is 2.37. The van der Waals surface area contributed by atoms with Crippen LogP contribution in [0.2, 0.25) is 0 Å². The summed E-state index contributed by atoms with van der Waals surface area (Å²) in [7, 11) is -3.87. The molecule has 0 spiro atoms. The van der Waals surface area contributed by atoms with Gasteiger partial charge in [0, 0.05) is 5.38 Å². The van der Waals surface area contributed by atoms with E-state index in [2.05, 4.69) is 20.3 Å². The molecule has 0 amide bonds. The molecule has 4 rings (SSSR count). The van der Waals surface area contributed by atoms with Gasteiger partial charge in [-0.05, 0) is 16.7 Å². The van der Waals surface area contributed by atoms with Crippen molar-refractivity contribution in [2.75, 3.05) is 12.4 Å². The molecule has 35 heavy (non-hydrogen) atoms. The molecule has 178 valence electrons. The van der Waals surface area contributed by atoms with E-state index in [0.717, 1.165) is 35.1 Å². The molecule has 1 heterocycles. The van der Waals surface area contributed by atoms with Gasteiger partial charge in [0.25, 0.3) is 0 Å². The summed E-state index contributed by atoms with van der Waals surface area (Å²) in [6.07, 6.45) is 0. The molecular weight excluding hydrogens is 486 g/mol. The van der Waals surface area contributed by atoms with E-state index in [1.807, 2.05) is 91.0 Å². The Balaban J connectivity index is 1.88. The Morgan fingerprint density at radius 1 is 0.914 bits per heavy atom. The van der Waals surface area contributed by atoms with Crippen LogP contribution in [0.25, 0.3) is 0 Å². The second kappa shape index (κ2) is 10.2. The van der Waals surface area contributed by atoms with Gasteiger partial charge < -0.3 is 10.2 Å². The zero-order chi connectivity index (χ0) is 24.9. The number of benzene rings is 3. The van der Waals surface area contributed by atoms with E-state index in [0.29, 0.717) is 5.13 Å². The third-order valence-electron chi connectivity index (χ3n) is 5.27. The van der Waals surface area contributed by atoms with Gasteiger partial charge in [-0.1, -0.05) is 96.2 Å². The van der Waals surface area contributed by atoms with Gasteiger partial charge in [-0.2, -0.15) is 8.42 Å².